The van der Waals surface area contributed by atoms with Crippen molar-refractivity contribution >= 4 is 51.3 Å². The van der Waals surface area contributed by atoms with Gasteiger partial charge in [-0.1, -0.05) is 11.6 Å². The molecule has 0 saturated carbocycles. The second kappa shape index (κ2) is 7.19. The quantitative estimate of drug-likeness (QED) is 0.447. The maximum absolute atomic E-state index is 12.6. The lowest BCUT2D eigenvalue weighted by Crippen LogP contribution is -2.12. The molecule has 0 aliphatic heterocycles. The third-order valence-corrected chi connectivity index (χ3v) is 5.16. The van der Waals surface area contributed by atoms with E-state index < -0.39 is 0 Å². The summed E-state index contributed by atoms with van der Waals surface area (Å²) >= 11 is 7.28. The predicted octanol–water partition coefficient (Wildman–Crippen LogP) is 5.14. The number of pyridine rings is 1. The van der Waals surface area contributed by atoms with E-state index in [0.717, 1.165) is 22.3 Å². The third kappa shape index (κ3) is 3.42. The molecule has 1 amide bonds. The van der Waals surface area contributed by atoms with E-state index in [9.17, 15) is 4.79 Å². The highest BCUT2D eigenvalue weighted by molar-refractivity contribution is 7.12. The zero-order chi connectivity index (χ0) is 17.9. The van der Waals surface area contributed by atoms with Crippen molar-refractivity contribution in [2.45, 2.75) is 6.54 Å². The van der Waals surface area contributed by atoms with Crippen LogP contribution in [-0.4, -0.2) is 15.9 Å². The van der Waals surface area contributed by atoms with Crippen molar-refractivity contribution in [2.75, 3.05) is 10.6 Å². The van der Waals surface area contributed by atoms with Crippen molar-refractivity contribution in [3.8, 4) is 0 Å². The van der Waals surface area contributed by atoms with Crippen LogP contribution in [0.15, 0.2) is 60.2 Å². The van der Waals surface area contributed by atoms with E-state index in [1.165, 1.54) is 11.3 Å². The van der Waals surface area contributed by atoms with Crippen LogP contribution in [0.4, 0.5) is 11.4 Å². The number of H-pyrrole nitrogens is 1. The number of benzene rings is 1. The molecule has 0 bridgehead atoms. The summed E-state index contributed by atoms with van der Waals surface area (Å²) in [7, 11) is 0. The van der Waals surface area contributed by atoms with Gasteiger partial charge in [0, 0.05) is 35.0 Å². The molecule has 0 saturated heterocycles. The van der Waals surface area contributed by atoms with Gasteiger partial charge in [-0.3, -0.25) is 4.79 Å². The van der Waals surface area contributed by atoms with Gasteiger partial charge in [0.15, 0.2) is 0 Å². The first-order valence-corrected chi connectivity index (χ1v) is 9.26. The molecular weight excluding hydrogens is 368 g/mol. The fourth-order valence-corrected chi connectivity index (χ4v) is 3.60. The first-order valence-electron chi connectivity index (χ1n) is 8.00. The summed E-state index contributed by atoms with van der Waals surface area (Å²) in [6, 6.07) is 12.9. The number of thiophene rings is 1. The van der Waals surface area contributed by atoms with Crippen LogP contribution in [0.3, 0.4) is 0 Å². The molecule has 0 aliphatic rings. The van der Waals surface area contributed by atoms with Crippen molar-refractivity contribution in [1.82, 2.24) is 9.97 Å². The molecule has 0 aliphatic carbocycles. The van der Waals surface area contributed by atoms with E-state index in [4.69, 9.17) is 11.6 Å². The van der Waals surface area contributed by atoms with Gasteiger partial charge in [-0.05, 0) is 53.4 Å². The van der Waals surface area contributed by atoms with Crippen molar-refractivity contribution in [2.24, 2.45) is 0 Å². The number of hydrogen-bond donors (Lipinski definition) is 3. The van der Waals surface area contributed by atoms with Crippen LogP contribution >= 0.6 is 22.9 Å². The smallest absolute Gasteiger partial charge is 0.267 e. The standard InChI is InChI=1S/C19H15ClN4OS/c20-13-1-3-14(4-2-13)24-19(25)17-16(7-10-26-17)23-11-12-5-8-21-18-15(12)6-9-22-18/h1-10,23H,11H2,(H,21,22)(H,24,25). The zero-order valence-electron chi connectivity index (χ0n) is 13.6. The molecule has 0 fully saturated rings. The van der Waals surface area contributed by atoms with Crippen molar-refractivity contribution in [1.29, 1.82) is 0 Å². The number of carbonyl (C=O) groups excluding carboxylic acids is 1. The van der Waals surface area contributed by atoms with Crippen molar-refractivity contribution in [3.05, 3.63) is 75.7 Å². The molecule has 0 atom stereocenters. The highest BCUT2D eigenvalue weighted by atomic mass is 35.5. The predicted molar refractivity (Wildman–Crippen MR) is 107 cm³/mol. The second-order valence-electron chi connectivity index (χ2n) is 5.69. The van der Waals surface area contributed by atoms with E-state index in [1.807, 2.05) is 29.8 Å². The van der Waals surface area contributed by atoms with Gasteiger partial charge in [-0.25, -0.2) is 4.98 Å². The Bertz CT molecular complexity index is 1050. The Balaban J connectivity index is 1.49. The molecule has 3 heterocycles. The number of halogens is 1. The molecule has 3 N–H and O–H groups in total. The number of nitrogens with zero attached hydrogens (tertiary/aromatic N) is 1. The first-order chi connectivity index (χ1) is 12.7. The maximum atomic E-state index is 12.6. The molecular formula is C19H15ClN4OS. The van der Waals surface area contributed by atoms with Gasteiger partial charge in [-0.15, -0.1) is 11.3 Å². The third-order valence-electron chi connectivity index (χ3n) is 3.99. The highest BCUT2D eigenvalue weighted by Gasteiger charge is 2.14. The average molecular weight is 383 g/mol. The van der Waals surface area contributed by atoms with Crippen LogP contribution in [0, 0.1) is 0 Å². The number of rotatable bonds is 5. The number of nitrogens with one attached hydrogen (secondary N) is 3. The Morgan fingerprint density at radius 3 is 2.85 bits per heavy atom. The Kier molecular flexibility index (Phi) is 4.60. The fourth-order valence-electron chi connectivity index (χ4n) is 2.71. The van der Waals surface area contributed by atoms with E-state index in [0.29, 0.717) is 22.1 Å². The lowest BCUT2D eigenvalue weighted by molar-refractivity contribution is 0.103. The van der Waals surface area contributed by atoms with Crippen molar-refractivity contribution in [3.63, 3.8) is 0 Å². The molecule has 26 heavy (non-hydrogen) atoms. The van der Waals surface area contributed by atoms with E-state index in [1.54, 1.807) is 30.5 Å². The molecule has 0 unspecified atom stereocenters. The molecule has 4 rings (SSSR count). The summed E-state index contributed by atoms with van der Waals surface area (Å²) in [6.45, 7) is 0.606. The van der Waals surface area contributed by atoms with Gasteiger partial charge >= 0.3 is 0 Å². The SMILES string of the molecule is O=C(Nc1ccc(Cl)cc1)c1sccc1NCc1ccnc2[nH]ccc12. The van der Waals surface area contributed by atoms with Gasteiger partial charge in [0.2, 0.25) is 0 Å². The molecule has 0 spiro atoms. The Hall–Kier alpha value is -2.83. The van der Waals surface area contributed by atoms with Crippen LogP contribution < -0.4 is 10.6 Å². The van der Waals surface area contributed by atoms with Crippen LogP contribution in [-0.2, 0) is 6.54 Å². The first kappa shape index (κ1) is 16.6. The minimum absolute atomic E-state index is 0.147. The monoisotopic (exact) mass is 382 g/mol. The van der Waals surface area contributed by atoms with Gasteiger partial charge in [0.05, 0.1) is 5.69 Å². The number of fused-ring (bicyclic) bond motifs is 1. The van der Waals surface area contributed by atoms with E-state index in [2.05, 4.69) is 20.6 Å². The van der Waals surface area contributed by atoms with E-state index in [-0.39, 0.29) is 5.91 Å². The maximum Gasteiger partial charge on any atom is 0.267 e. The topological polar surface area (TPSA) is 69.8 Å². The van der Waals surface area contributed by atoms with Gasteiger partial charge in [0.1, 0.15) is 10.5 Å². The van der Waals surface area contributed by atoms with Gasteiger partial charge in [-0.2, -0.15) is 0 Å². The summed E-state index contributed by atoms with van der Waals surface area (Å²) in [5, 5.41) is 9.85. The number of aromatic amines is 1. The minimum Gasteiger partial charge on any atom is -0.380 e. The largest absolute Gasteiger partial charge is 0.380 e. The van der Waals surface area contributed by atoms with Crippen LogP contribution in [0.25, 0.3) is 11.0 Å². The Morgan fingerprint density at radius 1 is 1.15 bits per heavy atom. The molecule has 7 heteroatoms. The van der Waals surface area contributed by atoms with Crippen molar-refractivity contribution < 1.29 is 4.79 Å². The Morgan fingerprint density at radius 2 is 2.00 bits per heavy atom. The normalized spacial score (nSPS) is 10.8. The minimum atomic E-state index is -0.147. The summed E-state index contributed by atoms with van der Waals surface area (Å²) in [6.07, 6.45) is 3.65. The lowest BCUT2D eigenvalue weighted by Gasteiger charge is -2.09. The summed E-state index contributed by atoms with van der Waals surface area (Å²) in [5.41, 5.74) is 3.49. The number of carbonyl (C=O) groups is 1. The van der Waals surface area contributed by atoms with Crippen LogP contribution in [0.1, 0.15) is 15.2 Å². The number of aromatic nitrogens is 2. The van der Waals surface area contributed by atoms with E-state index >= 15 is 0 Å². The zero-order valence-corrected chi connectivity index (χ0v) is 15.2. The molecule has 130 valence electrons. The highest BCUT2D eigenvalue weighted by Crippen LogP contribution is 2.25. The fraction of sp³-hybridized carbons (Fsp3) is 0.0526. The van der Waals surface area contributed by atoms with Gasteiger partial charge < -0.3 is 15.6 Å². The second-order valence-corrected chi connectivity index (χ2v) is 7.04. The molecule has 4 aromatic rings. The number of amides is 1. The number of hydrogen-bond acceptors (Lipinski definition) is 4. The lowest BCUT2D eigenvalue weighted by atomic mass is 10.2. The molecule has 0 radical (unpaired) electrons. The molecule has 3 aromatic heterocycles. The van der Waals surface area contributed by atoms with Crippen LogP contribution in [0.2, 0.25) is 5.02 Å². The van der Waals surface area contributed by atoms with Crippen LogP contribution in [0.5, 0.6) is 0 Å². The average Bonchev–Trinajstić information content (AvgIpc) is 3.31. The Labute approximate surface area is 159 Å². The molecule has 1 aromatic carbocycles. The summed E-state index contributed by atoms with van der Waals surface area (Å²) < 4.78 is 0. The number of anilines is 2. The molecule has 5 nitrogen and oxygen atoms in total. The van der Waals surface area contributed by atoms with Gasteiger partial charge in [0.25, 0.3) is 5.91 Å². The summed E-state index contributed by atoms with van der Waals surface area (Å²) in [4.78, 5) is 20.6. The summed E-state index contributed by atoms with van der Waals surface area (Å²) in [5.74, 6) is -0.147.